The first-order chi connectivity index (χ1) is 7.11. The highest BCUT2D eigenvalue weighted by atomic mass is 15.1. The van der Waals surface area contributed by atoms with Crippen molar-refractivity contribution < 1.29 is 0 Å². The molecule has 0 unspecified atom stereocenters. The van der Waals surface area contributed by atoms with Crippen molar-refractivity contribution >= 4 is 5.69 Å². The van der Waals surface area contributed by atoms with E-state index in [1.54, 1.807) is 0 Å². The monoisotopic (exact) mass is 207 g/mol. The summed E-state index contributed by atoms with van der Waals surface area (Å²) >= 11 is 0. The maximum atomic E-state index is 4.35. The van der Waals surface area contributed by atoms with E-state index >= 15 is 0 Å². The maximum absolute atomic E-state index is 4.35. The molecule has 0 aliphatic rings. The van der Waals surface area contributed by atoms with E-state index in [4.69, 9.17) is 0 Å². The summed E-state index contributed by atoms with van der Waals surface area (Å²) in [6, 6.07) is 4.07. The van der Waals surface area contributed by atoms with Gasteiger partial charge in [-0.2, -0.15) is 0 Å². The first kappa shape index (κ1) is 12.0. The third kappa shape index (κ3) is 4.30. The number of aromatic nitrogens is 1. The third-order valence-electron chi connectivity index (χ3n) is 2.21. The van der Waals surface area contributed by atoms with Crippen molar-refractivity contribution in [2.24, 2.45) is 5.92 Å². The molecule has 84 valence electrons. The van der Waals surface area contributed by atoms with Gasteiger partial charge in [-0.05, 0) is 25.1 Å². The summed E-state index contributed by atoms with van der Waals surface area (Å²) < 4.78 is 0. The average molecular weight is 207 g/mol. The lowest BCUT2D eigenvalue weighted by atomic mass is 10.2. The predicted molar refractivity (Wildman–Crippen MR) is 65.0 cm³/mol. The zero-order valence-electron chi connectivity index (χ0n) is 10.1. The minimum atomic E-state index is 0.697. The van der Waals surface area contributed by atoms with Gasteiger partial charge in [0.15, 0.2) is 0 Å². The van der Waals surface area contributed by atoms with Gasteiger partial charge in [-0.3, -0.25) is 4.98 Å². The van der Waals surface area contributed by atoms with E-state index in [0.29, 0.717) is 5.92 Å². The second-order valence-corrected chi connectivity index (χ2v) is 4.38. The van der Waals surface area contributed by atoms with E-state index in [9.17, 15) is 0 Å². The normalized spacial score (nSPS) is 11.1. The molecule has 1 heterocycles. The van der Waals surface area contributed by atoms with Crippen molar-refractivity contribution in [1.29, 1.82) is 0 Å². The van der Waals surface area contributed by atoms with Gasteiger partial charge in [-0.15, -0.1) is 0 Å². The summed E-state index contributed by atoms with van der Waals surface area (Å²) in [6.45, 7) is 6.47. The quantitative estimate of drug-likeness (QED) is 0.802. The Bertz CT molecular complexity index is 297. The van der Waals surface area contributed by atoms with E-state index in [-0.39, 0.29) is 0 Å². The number of rotatable bonds is 5. The maximum Gasteiger partial charge on any atom is 0.0564 e. The van der Waals surface area contributed by atoms with Gasteiger partial charge >= 0.3 is 0 Å². The van der Waals surface area contributed by atoms with Crippen molar-refractivity contribution in [2.75, 3.05) is 26.0 Å². The van der Waals surface area contributed by atoms with Gasteiger partial charge in [0.2, 0.25) is 0 Å². The fourth-order valence-electron chi connectivity index (χ4n) is 1.68. The Morgan fingerprint density at radius 2 is 2.20 bits per heavy atom. The second kappa shape index (κ2) is 5.71. The Hall–Kier alpha value is -1.09. The molecule has 0 saturated carbocycles. The highest BCUT2D eigenvalue weighted by Crippen LogP contribution is 2.09. The molecule has 1 aromatic heterocycles. The van der Waals surface area contributed by atoms with E-state index < -0.39 is 0 Å². The van der Waals surface area contributed by atoms with E-state index in [0.717, 1.165) is 24.5 Å². The Morgan fingerprint density at radius 3 is 2.80 bits per heavy atom. The van der Waals surface area contributed by atoms with Crippen LogP contribution in [-0.2, 0) is 6.54 Å². The lowest BCUT2D eigenvalue weighted by Crippen LogP contribution is -2.23. The summed E-state index contributed by atoms with van der Waals surface area (Å²) in [6.07, 6.45) is 1.85. The molecule has 0 bridgehead atoms. The number of hydrogen-bond donors (Lipinski definition) is 1. The van der Waals surface area contributed by atoms with Crippen molar-refractivity contribution in [3.05, 3.63) is 24.0 Å². The van der Waals surface area contributed by atoms with Crippen LogP contribution in [0.3, 0.4) is 0 Å². The summed E-state index contributed by atoms with van der Waals surface area (Å²) in [5.41, 5.74) is 2.24. The van der Waals surface area contributed by atoms with Crippen LogP contribution in [0.25, 0.3) is 0 Å². The van der Waals surface area contributed by atoms with Crippen LogP contribution in [0.2, 0.25) is 0 Å². The first-order valence-corrected chi connectivity index (χ1v) is 5.43. The Morgan fingerprint density at radius 1 is 1.47 bits per heavy atom. The predicted octanol–water partition coefficient (Wildman–Crippen LogP) is 2.21. The SMILES string of the molecule is CNc1ccnc(CN(C)CC(C)C)c1. The molecule has 1 rings (SSSR count). The molecule has 1 N–H and O–H groups in total. The van der Waals surface area contributed by atoms with Crippen molar-refractivity contribution in [3.8, 4) is 0 Å². The lowest BCUT2D eigenvalue weighted by Gasteiger charge is -2.18. The molecule has 15 heavy (non-hydrogen) atoms. The van der Waals surface area contributed by atoms with Crippen LogP contribution in [0.5, 0.6) is 0 Å². The Labute approximate surface area is 92.5 Å². The van der Waals surface area contributed by atoms with Crippen LogP contribution in [0.4, 0.5) is 5.69 Å². The van der Waals surface area contributed by atoms with Gasteiger partial charge in [-0.1, -0.05) is 13.8 Å². The Balaban J connectivity index is 2.55. The van der Waals surface area contributed by atoms with Crippen molar-refractivity contribution in [3.63, 3.8) is 0 Å². The van der Waals surface area contributed by atoms with Gasteiger partial charge in [0.1, 0.15) is 0 Å². The van der Waals surface area contributed by atoms with E-state index in [1.165, 1.54) is 0 Å². The van der Waals surface area contributed by atoms with Crippen LogP contribution < -0.4 is 5.32 Å². The number of hydrogen-bond acceptors (Lipinski definition) is 3. The highest BCUT2D eigenvalue weighted by molar-refractivity contribution is 5.42. The zero-order chi connectivity index (χ0) is 11.3. The third-order valence-corrected chi connectivity index (χ3v) is 2.21. The molecule has 0 aliphatic heterocycles. The molecule has 0 aromatic carbocycles. The molecule has 0 fully saturated rings. The number of anilines is 1. The summed E-state index contributed by atoms with van der Waals surface area (Å²) in [7, 11) is 4.06. The van der Waals surface area contributed by atoms with Crippen LogP contribution >= 0.6 is 0 Å². The largest absolute Gasteiger partial charge is 0.388 e. The van der Waals surface area contributed by atoms with Crippen molar-refractivity contribution in [1.82, 2.24) is 9.88 Å². The standard InChI is InChI=1S/C12H21N3/c1-10(2)8-15(4)9-12-7-11(13-3)5-6-14-12/h5-7,10H,8-9H2,1-4H3,(H,13,14). The molecule has 0 amide bonds. The first-order valence-electron chi connectivity index (χ1n) is 5.43. The molecule has 0 atom stereocenters. The lowest BCUT2D eigenvalue weighted by molar-refractivity contribution is 0.285. The van der Waals surface area contributed by atoms with E-state index in [2.05, 4.69) is 42.2 Å². The minimum absolute atomic E-state index is 0.697. The zero-order valence-corrected chi connectivity index (χ0v) is 10.1. The molecule has 0 aliphatic carbocycles. The molecule has 0 radical (unpaired) electrons. The summed E-state index contributed by atoms with van der Waals surface area (Å²) in [5.74, 6) is 0.697. The molecular formula is C12H21N3. The molecule has 3 heteroatoms. The summed E-state index contributed by atoms with van der Waals surface area (Å²) in [5, 5.41) is 3.12. The fourth-order valence-corrected chi connectivity index (χ4v) is 1.68. The number of pyridine rings is 1. The average Bonchev–Trinajstić information content (AvgIpc) is 2.16. The van der Waals surface area contributed by atoms with Crippen molar-refractivity contribution in [2.45, 2.75) is 20.4 Å². The molecule has 1 aromatic rings. The number of nitrogens with one attached hydrogen (secondary N) is 1. The van der Waals surface area contributed by atoms with Gasteiger partial charge in [0.05, 0.1) is 5.69 Å². The Kier molecular flexibility index (Phi) is 4.56. The van der Waals surface area contributed by atoms with Gasteiger partial charge in [0.25, 0.3) is 0 Å². The number of nitrogens with zero attached hydrogens (tertiary/aromatic N) is 2. The minimum Gasteiger partial charge on any atom is -0.388 e. The summed E-state index contributed by atoms with van der Waals surface area (Å²) in [4.78, 5) is 6.65. The highest BCUT2D eigenvalue weighted by Gasteiger charge is 2.04. The van der Waals surface area contributed by atoms with E-state index in [1.807, 2.05) is 19.3 Å². The second-order valence-electron chi connectivity index (χ2n) is 4.38. The topological polar surface area (TPSA) is 28.2 Å². The molecule has 0 saturated heterocycles. The van der Waals surface area contributed by atoms with Crippen LogP contribution in [0, 0.1) is 5.92 Å². The van der Waals surface area contributed by atoms with Gasteiger partial charge in [0, 0.05) is 32.0 Å². The smallest absolute Gasteiger partial charge is 0.0564 e. The van der Waals surface area contributed by atoms with Crippen LogP contribution in [-0.4, -0.2) is 30.5 Å². The molecular weight excluding hydrogens is 186 g/mol. The van der Waals surface area contributed by atoms with Gasteiger partial charge in [-0.25, -0.2) is 0 Å². The molecule has 0 spiro atoms. The van der Waals surface area contributed by atoms with Crippen LogP contribution in [0.15, 0.2) is 18.3 Å². The van der Waals surface area contributed by atoms with Gasteiger partial charge < -0.3 is 10.2 Å². The van der Waals surface area contributed by atoms with Crippen LogP contribution in [0.1, 0.15) is 19.5 Å². The fraction of sp³-hybridized carbons (Fsp3) is 0.583. The molecule has 3 nitrogen and oxygen atoms in total.